The molecule has 1 rings (SSSR count). The van der Waals surface area contributed by atoms with Crippen molar-refractivity contribution in [2.24, 2.45) is 5.92 Å². The van der Waals surface area contributed by atoms with E-state index in [0.717, 1.165) is 6.42 Å². The van der Waals surface area contributed by atoms with Gasteiger partial charge in [0.25, 0.3) is 0 Å². The van der Waals surface area contributed by atoms with Crippen LogP contribution in [-0.4, -0.2) is 11.0 Å². The first-order valence-electron chi connectivity index (χ1n) is 5.51. The summed E-state index contributed by atoms with van der Waals surface area (Å²) >= 11 is 0. The highest BCUT2D eigenvalue weighted by Crippen LogP contribution is 2.16. The number of nitrogens with one attached hydrogen (secondary N) is 1. The summed E-state index contributed by atoms with van der Waals surface area (Å²) in [7, 11) is 0. The lowest BCUT2D eigenvalue weighted by Gasteiger charge is -2.19. The number of hydrogen-bond donors (Lipinski definition) is 1. The van der Waals surface area contributed by atoms with E-state index in [9.17, 15) is 10.1 Å². The minimum absolute atomic E-state index is 0.200. The summed E-state index contributed by atoms with van der Waals surface area (Å²) in [5, 5.41) is 13.7. The van der Waals surface area contributed by atoms with Gasteiger partial charge in [-0.2, -0.15) is 0 Å². The standard InChI is InChI=1S/C11H18N2O3/c1-4-10(8(2)3)12-7-9-5-6-11(16-9)13(14)15/h5-6,8,10,12H,4,7H2,1-3H3. The predicted octanol–water partition coefficient (Wildman–Crippen LogP) is 2.71. The lowest BCUT2D eigenvalue weighted by Crippen LogP contribution is -2.32. The molecule has 90 valence electrons. The second-order valence-corrected chi connectivity index (χ2v) is 4.14. The molecule has 0 amide bonds. The summed E-state index contributed by atoms with van der Waals surface area (Å²) in [6.07, 6.45) is 1.03. The van der Waals surface area contributed by atoms with E-state index < -0.39 is 4.92 Å². The molecule has 1 heterocycles. The first kappa shape index (κ1) is 12.7. The summed E-state index contributed by atoms with van der Waals surface area (Å²) in [5.74, 6) is 0.940. The lowest BCUT2D eigenvalue weighted by molar-refractivity contribution is -0.402. The zero-order valence-corrected chi connectivity index (χ0v) is 9.90. The zero-order valence-electron chi connectivity index (χ0n) is 9.90. The van der Waals surface area contributed by atoms with E-state index in [1.165, 1.54) is 6.07 Å². The van der Waals surface area contributed by atoms with Crippen molar-refractivity contribution >= 4 is 5.88 Å². The summed E-state index contributed by atoms with van der Waals surface area (Å²) in [6, 6.07) is 3.43. The van der Waals surface area contributed by atoms with E-state index in [4.69, 9.17) is 4.42 Å². The Morgan fingerprint density at radius 3 is 2.62 bits per heavy atom. The highest BCUT2D eigenvalue weighted by Gasteiger charge is 2.14. The Kier molecular flexibility index (Phi) is 4.49. The highest BCUT2D eigenvalue weighted by molar-refractivity contribution is 5.17. The molecule has 0 aliphatic heterocycles. The van der Waals surface area contributed by atoms with Gasteiger partial charge >= 0.3 is 5.88 Å². The van der Waals surface area contributed by atoms with Gasteiger partial charge in [-0.05, 0) is 18.4 Å². The number of nitrogens with zero attached hydrogens (tertiary/aromatic N) is 1. The smallest absolute Gasteiger partial charge is 0.404 e. The fraction of sp³-hybridized carbons (Fsp3) is 0.636. The molecular weight excluding hydrogens is 208 g/mol. The summed E-state index contributed by atoms with van der Waals surface area (Å²) < 4.78 is 5.06. The van der Waals surface area contributed by atoms with E-state index in [0.29, 0.717) is 24.3 Å². The fourth-order valence-corrected chi connectivity index (χ4v) is 1.64. The summed E-state index contributed by atoms with van der Waals surface area (Å²) in [6.45, 7) is 6.93. The first-order chi connectivity index (χ1) is 7.54. The SMILES string of the molecule is CCC(NCc1ccc([N+](=O)[O-])o1)C(C)C. The van der Waals surface area contributed by atoms with Crippen LogP contribution in [0, 0.1) is 16.0 Å². The zero-order chi connectivity index (χ0) is 12.1. The van der Waals surface area contributed by atoms with E-state index >= 15 is 0 Å². The molecule has 5 nitrogen and oxygen atoms in total. The third-order valence-electron chi connectivity index (χ3n) is 2.61. The van der Waals surface area contributed by atoms with Crippen LogP contribution in [0.2, 0.25) is 0 Å². The lowest BCUT2D eigenvalue weighted by atomic mass is 10.0. The number of rotatable bonds is 6. The van der Waals surface area contributed by atoms with Crippen molar-refractivity contribution in [2.45, 2.75) is 39.8 Å². The molecule has 1 unspecified atom stereocenters. The molecule has 0 aromatic carbocycles. The second-order valence-electron chi connectivity index (χ2n) is 4.14. The van der Waals surface area contributed by atoms with Crippen LogP contribution in [0.4, 0.5) is 5.88 Å². The molecule has 0 aliphatic carbocycles. The molecule has 1 aromatic rings. The Morgan fingerprint density at radius 2 is 2.19 bits per heavy atom. The van der Waals surface area contributed by atoms with Gasteiger partial charge in [-0.15, -0.1) is 0 Å². The van der Waals surface area contributed by atoms with Gasteiger partial charge in [-0.3, -0.25) is 10.1 Å². The normalized spacial score (nSPS) is 13.0. The van der Waals surface area contributed by atoms with Gasteiger partial charge in [0, 0.05) is 6.04 Å². The maximum atomic E-state index is 10.4. The molecular formula is C11H18N2O3. The van der Waals surface area contributed by atoms with Crippen LogP contribution in [0.5, 0.6) is 0 Å². The molecule has 0 fully saturated rings. The minimum Gasteiger partial charge on any atom is -0.404 e. The van der Waals surface area contributed by atoms with Crippen molar-refractivity contribution in [1.82, 2.24) is 5.32 Å². The van der Waals surface area contributed by atoms with Crippen LogP contribution in [0.15, 0.2) is 16.5 Å². The van der Waals surface area contributed by atoms with Gasteiger partial charge in [-0.25, -0.2) is 0 Å². The highest BCUT2D eigenvalue weighted by atomic mass is 16.6. The molecule has 0 saturated carbocycles. The number of nitro groups is 1. The molecule has 0 radical (unpaired) electrons. The van der Waals surface area contributed by atoms with E-state index in [2.05, 4.69) is 26.1 Å². The van der Waals surface area contributed by atoms with Gasteiger partial charge in [0.1, 0.15) is 10.7 Å². The van der Waals surface area contributed by atoms with E-state index in [1.54, 1.807) is 6.07 Å². The summed E-state index contributed by atoms with van der Waals surface area (Å²) in [4.78, 5) is 9.88. The minimum atomic E-state index is -0.525. The first-order valence-corrected chi connectivity index (χ1v) is 5.51. The maximum absolute atomic E-state index is 10.4. The predicted molar refractivity (Wildman–Crippen MR) is 61.1 cm³/mol. The molecule has 0 spiro atoms. The number of hydrogen-bond acceptors (Lipinski definition) is 4. The molecule has 16 heavy (non-hydrogen) atoms. The Morgan fingerprint density at radius 1 is 1.50 bits per heavy atom. The van der Waals surface area contributed by atoms with Crippen LogP contribution >= 0.6 is 0 Å². The van der Waals surface area contributed by atoms with E-state index in [1.807, 2.05) is 0 Å². The second kappa shape index (κ2) is 5.65. The molecule has 5 heteroatoms. The molecule has 0 aliphatic rings. The Hall–Kier alpha value is -1.36. The molecule has 1 aromatic heterocycles. The van der Waals surface area contributed by atoms with Gasteiger partial charge in [-0.1, -0.05) is 20.8 Å². The monoisotopic (exact) mass is 226 g/mol. The van der Waals surface area contributed by atoms with Crippen molar-refractivity contribution in [3.8, 4) is 0 Å². The van der Waals surface area contributed by atoms with Crippen LogP contribution < -0.4 is 5.32 Å². The average molecular weight is 226 g/mol. The Balaban J connectivity index is 2.50. The van der Waals surface area contributed by atoms with Crippen molar-refractivity contribution in [3.63, 3.8) is 0 Å². The molecule has 0 bridgehead atoms. The maximum Gasteiger partial charge on any atom is 0.433 e. The Labute approximate surface area is 95.0 Å². The topological polar surface area (TPSA) is 68.3 Å². The summed E-state index contributed by atoms with van der Waals surface area (Å²) in [5.41, 5.74) is 0. The average Bonchev–Trinajstić information content (AvgIpc) is 2.67. The van der Waals surface area contributed by atoms with Gasteiger partial charge in [0.15, 0.2) is 0 Å². The van der Waals surface area contributed by atoms with Crippen LogP contribution in [-0.2, 0) is 6.54 Å². The van der Waals surface area contributed by atoms with Crippen LogP contribution in [0.1, 0.15) is 33.0 Å². The van der Waals surface area contributed by atoms with Crippen LogP contribution in [0.3, 0.4) is 0 Å². The van der Waals surface area contributed by atoms with Gasteiger partial charge < -0.3 is 9.73 Å². The van der Waals surface area contributed by atoms with Crippen molar-refractivity contribution in [2.75, 3.05) is 0 Å². The third-order valence-corrected chi connectivity index (χ3v) is 2.61. The van der Waals surface area contributed by atoms with Crippen molar-refractivity contribution in [1.29, 1.82) is 0 Å². The third kappa shape index (κ3) is 3.34. The van der Waals surface area contributed by atoms with Crippen molar-refractivity contribution in [3.05, 3.63) is 28.0 Å². The van der Waals surface area contributed by atoms with Crippen molar-refractivity contribution < 1.29 is 9.34 Å². The quantitative estimate of drug-likeness (QED) is 0.598. The van der Waals surface area contributed by atoms with Gasteiger partial charge in [0.2, 0.25) is 0 Å². The van der Waals surface area contributed by atoms with E-state index in [-0.39, 0.29) is 5.88 Å². The fourth-order valence-electron chi connectivity index (χ4n) is 1.64. The molecule has 1 N–H and O–H groups in total. The number of furan rings is 1. The van der Waals surface area contributed by atoms with Gasteiger partial charge in [0.05, 0.1) is 12.6 Å². The molecule has 0 saturated heterocycles. The largest absolute Gasteiger partial charge is 0.433 e. The Bertz CT molecular complexity index is 347. The molecule has 1 atom stereocenters. The van der Waals surface area contributed by atoms with Crippen LogP contribution in [0.25, 0.3) is 0 Å².